The van der Waals surface area contributed by atoms with E-state index in [1.165, 1.54) is 26.2 Å². The third-order valence-corrected chi connectivity index (χ3v) is 3.90. The molecule has 14 heteroatoms. The zero-order valence-electron chi connectivity index (χ0n) is 16.6. The Hall–Kier alpha value is -3.77. The summed E-state index contributed by atoms with van der Waals surface area (Å²) in [6.45, 7) is 9.59. The van der Waals surface area contributed by atoms with Crippen LogP contribution in [-0.2, 0) is 0 Å². The summed E-state index contributed by atoms with van der Waals surface area (Å²) < 4.78 is 0. The molecule has 31 heavy (non-hydrogen) atoms. The Labute approximate surface area is 176 Å². The lowest BCUT2D eigenvalue weighted by Gasteiger charge is -2.12. The molecule has 0 saturated heterocycles. The first-order chi connectivity index (χ1) is 14.5. The van der Waals surface area contributed by atoms with Crippen molar-refractivity contribution in [3.8, 4) is 0 Å². The summed E-state index contributed by atoms with van der Waals surface area (Å²) in [7, 11) is 0. The predicted octanol–water partition coefficient (Wildman–Crippen LogP) is -0.978. The monoisotopic (exact) mass is 430 g/mol. The van der Waals surface area contributed by atoms with Crippen molar-refractivity contribution in [3.63, 3.8) is 0 Å². The van der Waals surface area contributed by atoms with Crippen molar-refractivity contribution in [2.45, 2.75) is 38.3 Å². The molecule has 164 valence electrons. The van der Waals surface area contributed by atoms with E-state index in [0.29, 0.717) is 0 Å². The molecular formula is C17H22N10O4. The highest BCUT2D eigenvalue weighted by atomic mass is 16.3. The summed E-state index contributed by atoms with van der Waals surface area (Å²) in [6.07, 6.45) is -1.66. The molecule has 0 saturated carbocycles. The second kappa shape index (κ2) is 9.82. The largest absolute Gasteiger partial charge is 0.391 e. The first kappa shape index (κ1) is 23.5. The molecule has 0 radical (unpaired) electrons. The van der Waals surface area contributed by atoms with Gasteiger partial charge in [-0.1, -0.05) is 6.57 Å². The zero-order valence-corrected chi connectivity index (χ0v) is 16.6. The molecule has 0 spiro atoms. The summed E-state index contributed by atoms with van der Waals surface area (Å²) in [4.78, 5) is 26.1. The number of aliphatic hydroxyl groups is 4. The van der Waals surface area contributed by atoms with Crippen LogP contribution in [0.2, 0.25) is 0 Å². The quantitative estimate of drug-likeness (QED) is 0.246. The van der Waals surface area contributed by atoms with Gasteiger partial charge in [0.2, 0.25) is 5.95 Å². The van der Waals surface area contributed by atoms with E-state index in [2.05, 4.69) is 34.7 Å². The molecule has 0 unspecified atom stereocenters. The molecule has 0 aromatic carbocycles. The van der Waals surface area contributed by atoms with Crippen LogP contribution in [0.3, 0.4) is 0 Å². The summed E-state index contributed by atoms with van der Waals surface area (Å²) in [5, 5.41) is 37.4. The number of hydrogen-bond acceptors (Lipinski definition) is 13. The van der Waals surface area contributed by atoms with Crippen LogP contribution in [0.5, 0.6) is 0 Å². The van der Waals surface area contributed by atoms with Gasteiger partial charge in [-0.25, -0.2) is 15.0 Å². The van der Waals surface area contributed by atoms with Gasteiger partial charge in [0.15, 0.2) is 22.7 Å². The van der Waals surface area contributed by atoms with Crippen LogP contribution in [0.25, 0.3) is 16.0 Å². The van der Waals surface area contributed by atoms with E-state index < -0.39 is 24.4 Å². The molecular weight excluding hydrogens is 408 g/mol. The van der Waals surface area contributed by atoms with Gasteiger partial charge in [0.25, 0.3) is 0 Å². The minimum absolute atomic E-state index is 0.00752. The number of aliphatic hydroxyl groups excluding tert-OH is 4. The van der Waals surface area contributed by atoms with Crippen LogP contribution in [0.4, 0.5) is 23.4 Å². The highest BCUT2D eigenvalue weighted by Gasteiger charge is 2.20. The fourth-order valence-electron chi connectivity index (χ4n) is 2.22. The molecule has 0 fully saturated rings. The third kappa shape index (κ3) is 5.65. The minimum atomic E-state index is -1.15. The molecule has 0 aliphatic rings. The van der Waals surface area contributed by atoms with E-state index in [0.717, 1.165) is 0 Å². The van der Waals surface area contributed by atoms with Gasteiger partial charge in [-0.2, -0.15) is 9.97 Å². The van der Waals surface area contributed by atoms with Crippen molar-refractivity contribution in [3.05, 3.63) is 35.2 Å². The highest BCUT2D eigenvalue weighted by Crippen LogP contribution is 2.21. The second-order valence-corrected chi connectivity index (χ2v) is 6.42. The lowest BCUT2D eigenvalue weighted by molar-refractivity contribution is 0.0277. The van der Waals surface area contributed by atoms with E-state index in [-0.39, 0.29) is 46.0 Å². The maximum Gasteiger partial charge on any atom is 0.312 e. The van der Waals surface area contributed by atoms with Crippen LogP contribution < -0.4 is 17.2 Å². The molecule has 4 atom stereocenters. The van der Waals surface area contributed by atoms with Crippen LogP contribution in [-0.4, -0.2) is 62.5 Å². The molecule has 3 heterocycles. The number of hydrogen-bond donors (Lipinski definition) is 7. The minimum Gasteiger partial charge on any atom is -0.391 e. The number of aromatic nitrogens is 6. The Bertz CT molecular complexity index is 1100. The maximum absolute atomic E-state index is 9.64. The molecule has 0 amide bonds. The fourth-order valence-corrected chi connectivity index (χ4v) is 2.22. The Morgan fingerprint density at radius 1 is 0.806 bits per heavy atom. The van der Waals surface area contributed by atoms with Crippen molar-refractivity contribution >= 4 is 34.6 Å². The van der Waals surface area contributed by atoms with Crippen LogP contribution >= 0.6 is 0 Å². The second-order valence-electron chi connectivity index (χ2n) is 6.42. The van der Waals surface area contributed by atoms with Gasteiger partial charge in [-0.3, -0.25) is 0 Å². The first-order valence-corrected chi connectivity index (χ1v) is 8.82. The van der Waals surface area contributed by atoms with E-state index in [4.69, 9.17) is 28.9 Å². The molecule has 0 bridgehead atoms. The van der Waals surface area contributed by atoms with Crippen molar-refractivity contribution in [1.82, 2.24) is 29.9 Å². The number of fused-ring (bicyclic) bond motifs is 1. The molecule has 0 aliphatic carbocycles. The van der Waals surface area contributed by atoms with E-state index in [9.17, 15) is 15.3 Å². The van der Waals surface area contributed by atoms with Gasteiger partial charge in [-0.15, -0.1) is 4.98 Å². The van der Waals surface area contributed by atoms with Crippen molar-refractivity contribution in [2.75, 3.05) is 17.2 Å². The van der Waals surface area contributed by atoms with E-state index >= 15 is 0 Å². The summed E-state index contributed by atoms with van der Waals surface area (Å²) in [5.41, 5.74) is 17.2. The lowest BCUT2D eigenvalue weighted by Crippen LogP contribution is -2.16. The average molecular weight is 430 g/mol. The molecule has 10 N–H and O–H groups in total. The summed E-state index contributed by atoms with van der Waals surface area (Å²) in [5.74, 6) is 0.0384. The Morgan fingerprint density at radius 2 is 1.35 bits per heavy atom. The molecule has 14 nitrogen and oxygen atoms in total. The van der Waals surface area contributed by atoms with Crippen molar-refractivity contribution in [2.24, 2.45) is 0 Å². The van der Waals surface area contributed by atoms with Gasteiger partial charge >= 0.3 is 5.82 Å². The van der Waals surface area contributed by atoms with Gasteiger partial charge in [-0.05, 0) is 13.8 Å². The van der Waals surface area contributed by atoms with Crippen LogP contribution in [0.15, 0.2) is 12.4 Å². The number of nitrogens with zero attached hydrogens (tertiary/aromatic N) is 7. The molecule has 0 aliphatic heterocycles. The first-order valence-electron chi connectivity index (χ1n) is 8.82. The topological polar surface area (TPSA) is 241 Å². The summed E-state index contributed by atoms with van der Waals surface area (Å²) >= 11 is 0. The Kier molecular flexibility index (Phi) is 7.45. The number of nitrogens with two attached hydrogens (primary N) is 3. The number of anilines is 3. The predicted molar refractivity (Wildman–Crippen MR) is 110 cm³/mol. The standard InChI is InChI=1S/C9H12N6O2.C8H10N4O2/c1-3(16)6(17)4-2-12-8-5(13-4)7(10)14-9(11)15-8;1-4(13)6(14)5-3-11-7(9)8(10-2)12-5/h2-3,6,16-17H,1H3,(H4,10,11,12,14,15);3-4,6,13-14H,1H3,(H2,9,11)/t3-,6-;4-,6-/m00/s1. The SMILES string of the molecule is C[C@H](O)[C@H](O)c1cnc2nc(N)nc(N)c2n1.[C-]#[N+]c1nc([C@@H](O)[C@H](C)O)cnc1N. The van der Waals surface area contributed by atoms with Crippen molar-refractivity contribution < 1.29 is 20.4 Å². The third-order valence-electron chi connectivity index (χ3n) is 3.90. The van der Waals surface area contributed by atoms with Gasteiger partial charge in [0.05, 0.1) is 30.3 Å². The van der Waals surface area contributed by atoms with E-state index in [1.807, 2.05) is 0 Å². The van der Waals surface area contributed by atoms with Crippen LogP contribution in [0, 0.1) is 6.57 Å². The molecule has 3 rings (SSSR count). The number of nitrogen functional groups attached to an aromatic ring is 3. The van der Waals surface area contributed by atoms with Gasteiger partial charge in [0, 0.05) is 0 Å². The molecule has 3 aromatic rings. The smallest absolute Gasteiger partial charge is 0.312 e. The Morgan fingerprint density at radius 3 is 1.90 bits per heavy atom. The lowest BCUT2D eigenvalue weighted by atomic mass is 10.2. The number of rotatable bonds is 4. The highest BCUT2D eigenvalue weighted by molar-refractivity contribution is 5.81. The summed E-state index contributed by atoms with van der Waals surface area (Å²) in [6, 6.07) is 0. The average Bonchev–Trinajstić information content (AvgIpc) is 2.73. The van der Waals surface area contributed by atoms with Crippen LogP contribution in [0.1, 0.15) is 37.4 Å². The zero-order chi connectivity index (χ0) is 23.3. The maximum atomic E-state index is 9.64. The fraction of sp³-hybridized carbons (Fsp3) is 0.353. The van der Waals surface area contributed by atoms with Gasteiger partial charge < -0.3 is 42.5 Å². The van der Waals surface area contributed by atoms with Crippen molar-refractivity contribution in [1.29, 1.82) is 0 Å². The van der Waals surface area contributed by atoms with E-state index in [1.54, 1.807) is 0 Å². The normalized spacial score (nSPS) is 14.6. The Balaban J connectivity index is 0.000000225. The molecule has 3 aromatic heterocycles. The van der Waals surface area contributed by atoms with Gasteiger partial charge in [0.1, 0.15) is 18.0 Å².